The standard InChI is InChI=1S/C16H26N4O3/c1-11-17-13(23-19-11)12-9-20(14(21)18-15(2,3)4)10-16(12)5-7-22-8-6-16/h12H,5-10H2,1-4H3,(H,18,21)/t12-/m0/s1. The number of hydrogen-bond donors (Lipinski definition) is 1. The zero-order valence-corrected chi connectivity index (χ0v) is 14.4. The van der Waals surface area contributed by atoms with E-state index in [1.54, 1.807) is 0 Å². The number of likely N-dealkylation sites (tertiary alicyclic amines) is 1. The van der Waals surface area contributed by atoms with E-state index in [2.05, 4.69) is 15.5 Å². The van der Waals surface area contributed by atoms with E-state index >= 15 is 0 Å². The maximum Gasteiger partial charge on any atom is 0.317 e. The van der Waals surface area contributed by atoms with Gasteiger partial charge in [0, 0.05) is 37.3 Å². The number of nitrogens with one attached hydrogen (secondary N) is 1. The van der Waals surface area contributed by atoms with Gasteiger partial charge in [0.2, 0.25) is 5.89 Å². The molecule has 0 saturated carbocycles. The number of rotatable bonds is 1. The van der Waals surface area contributed by atoms with Crippen LogP contribution >= 0.6 is 0 Å². The molecule has 23 heavy (non-hydrogen) atoms. The minimum absolute atomic E-state index is 0.0214. The summed E-state index contributed by atoms with van der Waals surface area (Å²) < 4.78 is 11.0. The second-order valence-electron chi connectivity index (χ2n) is 7.77. The van der Waals surface area contributed by atoms with Crippen molar-refractivity contribution in [3.63, 3.8) is 0 Å². The van der Waals surface area contributed by atoms with E-state index in [1.165, 1.54) is 0 Å². The number of hydrogen-bond acceptors (Lipinski definition) is 5. The fourth-order valence-corrected chi connectivity index (χ4v) is 3.60. The fourth-order valence-electron chi connectivity index (χ4n) is 3.60. The summed E-state index contributed by atoms with van der Waals surface area (Å²) in [5, 5.41) is 6.98. The lowest BCUT2D eigenvalue weighted by Crippen LogP contribution is -2.48. The molecule has 0 unspecified atom stereocenters. The van der Waals surface area contributed by atoms with Crippen LogP contribution in [0.3, 0.4) is 0 Å². The van der Waals surface area contributed by atoms with Crippen LogP contribution in [0, 0.1) is 12.3 Å². The predicted octanol–water partition coefficient (Wildman–Crippen LogP) is 2.08. The number of carbonyl (C=O) groups is 1. The Bertz CT molecular complexity index is 572. The van der Waals surface area contributed by atoms with Gasteiger partial charge in [0.05, 0.1) is 5.92 Å². The lowest BCUT2D eigenvalue weighted by molar-refractivity contribution is 0.00935. The summed E-state index contributed by atoms with van der Waals surface area (Å²) in [4.78, 5) is 18.9. The second kappa shape index (κ2) is 5.78. The highest BCUT2D eigenvalue weighted by molar-refractivity contribution is 5.75. The molecule has 7 heteroatoms. The first-order valence-corrected chi connectivity index (χ1v) is 8.24. The van der Waals surface area contributed by atoms with Crippen molar-refractivity contribution in [3.8, 4) is 0 Å². The average Bonchev–Trinajstić information content (AvgIpc) is 3.02. The number of carbonyl (C=O) groups excluding carboxylic acids is 1. The van der Waals surface area contributed by atoms with Gasteiger partial charge in [-0.05, 0) is 40.5 Å². The summed E-state index contributed by atoms with van der Waals surface area (Å²) in [7, 11) is 0. The molecule has 3 heterocycles. The molecule has 1 spiro atoms. The van der Waals surface area contributed by atoms with E-state index in [0.29, 0.717) is 24.8 Å². The molecular formula is C16H26N4O3. The Morgan fingerprint density at radius 2 is 2.04 bits per heavy atom. The van der Waals surface area contributed by atoms with E-state index in [4.69, 9.17) is 9.26 Å². The van der Waals surface area contributed by atoms with Crippen molar-refractivity contribution in [2.45, 2.75) is 52.0 Å². The minimum Gasteiger partial charge on any atom is -0.381 e. The highest BCUT2D eigenvalue weighted by Gasteiger charge is 2.51. The third-order valence-corrected chi connectivity index (χ3v) is 4.75. The molecule has 1 atom stereocenters. The quantitative estimate of drug-likeness (QED) is 0.856. The van der Waals surface area contributed by atoms with Crippen molar-refractivity contribution in [2.24, 2.45) is 5.41 Å². The second-order valence-corrected chi connectivity index (χ2v) is 7.77. The largest absolute Gasteiger partial charge is 0.381 e. The first-order chi connectivity index (χ1) is 10.8. The normalized spacial score (nSPS) is 24.2. The molecule has 1 aromatic heterocycles. The molecule has 2 aliphatic rings. The zero-order valence-electron chi connectivity index (χ0n) is 14.4. The van der Waals surface area contributed by atoms with Crippen LogP contribution in [0.25, 0.3) is 0 Å². The molecular weight excluding hydrogens is 296 g/mol. The van der Waals surface area contributed by atoms with Gasteiger partial charge in [-0.25, -0.2) is 4.79 Å². The Balaban J connectivity index is 1.83. The highest BCUT2D eigenvalue weighted by atomic mass is 16.5. The first-order valence-electron chi connectivity index (χ1n) is 8.24. The van der Waals surface area contributed by atoms with Crippen LogP contribution in [-0.4, -0.2) is 52.9 Å². The van der Waals surface area contributed by atoms with Gasteiger partial charge < -0.3 is 19.5 Å². The summed E-state index contributed by atoms with van der Waals surface area (Å²) in [6.07, 6.45) is 1.83. The molecule has 1 N–H and O–H groups in total. The maximum absolute atomic E-state index is 12.6. The Kier molecular flexibility index (Phi) is 4.08. The van der Waals surface area contributed by atoms with Gasteiger partial charge >= 0.3 is 6.03 Å². The van der Waals surface area contributed by atoms with E-state index in [1.807, 2.05) is 32.6 Å². The molecule has 0 bridgehead atoms. The number of aromatic nitrogens is 2. The average molecular weight is 322 g/mol. The zero-order chi connectivity index (χ0) is 16.7. The molecule has 2 aliphatic heterocycles. The van der Waals surface area contributed by atoms with Gasteiger partial charge in [-0.3, -0.25) is 0 Å². The Hall–Kier alpha value is -1.63. The third kappa shape index (κ3) is 3.34. The topological polar surface area (TPSA) is 80.5 Å². The Labute approximate surface area is 136 Å². The lowest BCUT2D eigenvalue weighted by Gasteiger charge is -2.36. The first kappa shape index (κ1) is 16.2. The molecule has 7 nitrogen and oxygen atoms in total. The van der Waals surface area contributed by atoms with Crippen molar-refractivity contribution in [1.82, 2.24) is 20.4 Å². The molecule has 2 saturated heterocycles. The summed E-state index contributed by atoms with van der Waals surface area (Å²) in [5.74, 6) is 1.37. The minimum atomic E-state index is -0.251. The van der Waals surface area contributed by atoms with Crippen molar-refractivity contribution in [1.29, 1.82) is 0 Å². The van der Waals surface area contributed by atoms with Crippen LogP contribution in [0.2, 0.25) is 0 Å². The lowest BCUT2D eigenvalue weighted by atomic mass is 9.72. The monoisotopic (exact) mass is 322 g/mol. The van der Waals surface area contributed by atoms with Crippen molar-refractivity contribution < 1.29 is 14.1 Å². The molecule has 1 aromatic rings. The van der Waals surface area contributed by atoms with Gasteiger partial charge in [-0.2, -0.15) is 4.98 Å². The van der Waals surface area contributed by atoms with E-state index in [0.717, 1.165) is 26.1 Å². The molecule has 3 rings (SSSR count). The summed E-state index contributed by atoms with van der Waals surface area (Å²) >= 11 is 0. The number of aryl methyl sites for hydroxylation is 1. The number of amides is 2. The number of nitrogens with zero attached hydrogens (tertiary/aromatic N) is 3. The third-order valence-electron chi connectivity index (χ3n) is 4.75. The maximum atomic E-state index is 12.6. The van der Waals surface area contributed by atoms with Gasteiger partial charge in [-0.1, -0.05) is 5.16 Å². The molecule has 0 radical (unpaired) electrons. The van der Waals surface area contributed by atoms with E-state index < -0.39 is 0 Å². The van der Waals surface area contributed by atoms with Gasteiger partial charge in [0.25, 0.3) is 0 Å². The fraction of sp³-hybridized carbons (Fsp3) is 0.812. The van der Waals surface area contributed by atoms with Crippen LogP contribution in [-0.2, 0) is 4.74 Å². The Morgan fingerprint density at radius 3 is 2.61 bits per heavy atom. The van der Waals surface area contributed by atoms with Crippen LogP contribution in [0.5, 0.6) is 0 Å². The van der Waals surface area contributed by atoms with Crippen molar-refractivity contribution in [3.05, 3.63) is 11.7 Å². The van der Waals surface area contributed by atoms with Crippen LogP contribution in [0.1, 0.15) is 51.2 Å². The van der Waals surface area contributed by atoms with Crippen LogP contribution in [0.4, 0.5) is 4.79 Å². The van der Waals surface area contributed by atoms with Crippen molar-refractivity contribution in [2.75, 3.05) is 26.3 Å². The molecule has 0 aliphatic carbocycles. The molecule has 0 aromatic carbocycles. The summed E-state index contributed by atoms with van der Waals surface area (Å²) in [5.41, 5.74) is -0.272. The van der Waals surface area contributed by atoms with E-state index in [-0.39, 0.29) is 22.9 Å². The molecule has 2 fully saturated rings. The number of urea groups is 1. The van der Waals surface area contributed by atoms with E-state index in [9.17, 15) is 4.79 Å². The number of ether oxygens (including phenoxy) is 1. The summed E-state index contributed by atoms with van der Waals surface area (Å²) in [6, 6.07) is -0.0258. The van der Waals surface area contributed by atoms with Crippen LogP contribution < -0.4 is 5.32 Å². The highest BCUT2D eigenvalue weighted by Crippen LogP contribution is 2.49. The van der Waals surface area contributed by atoms with Crippen molar-refractivity contribution >= 4 is 6.03 Å². The molecule has 128 valence electrons. The predicted molar refractivity (Wildman–Crippen MR) is 84.1 cm³/mol. The SMILES string of the molecule is Cc1noc([C@@H]2CN(C(=O)NC(C)(C)C)CC23CCOCC3)n1. The molecule has 2 amide bonds. The van der Waals surface area contributed by atoms with Crippen LogP contribution in [0.15, 0.2) is 4.52 Å². The summed E-state index contributed by atoms with van der Waals surface area (Å²) in [6.45, 7) is 10.6. The Morgan fingerprint density at radius 1 is 1.35 bits per heavy atom. The van der Waals surface area contributed by atoms with Gasteiger partial charge in [-0.15, -0.1) is 0 Å². The van der Waals surface area contributed by atoms with Gasteiger partial charge in [0.15, 0.2) is 5.82 Å². The van der Waals surface area contributed by atoms with Gasteiger partial charge in [0.1, 0.15) is 0 Å². The smallest absolute Gasteiger partial charge is 0.317 e.